The lowest BCUT2D eigenvalue weighted by atomic mass is 10.0. The van der Waals surface area contributed by atoms with Gasteiger partial charge in [0, 0.05) is 27.8 Å². The van der Waals surface area contributed by atoms with Crippen molar-refractivity contribution in [3.8, 4) is 0 Å². The summed E-state index contributed by atoms with van der Waals surface area (Å²) in [5.74, 6) is -1.72. The number of hydrogen-bond acceptors (Lipinski definition) is 7. The predicted molar refractivity (Wildman–Crippen MR) is 128 cm³/mol. The molecule has 1 heterocycles. The number of carboxylic acids is 1. The number of aliphatic hydroxyl groups is 1. The van der Waals surface area contributed by atoms with E-state index in [1.165, 1.54) is 18.2 Å². The summed E-state index contributed by atoms with van der Waals surface area (Å²) in [4.78, 5) is 40.4. The minimum Gasteiger partial charge on any atom is -0.481 e. The first-order valence-corrected chi connectivity index (χ1v) is 11.0. The molecule has 2 aromatic carbocycles. The molecule has 12 heteroatoms. The number of benzene rings is 2. The van der Waals surface area contributed by atoms with Crippen LogP contribution in [0.2, 0.25) is 10.0 Å². The van der Waals surface area contributed by atoms with Crippen molar-refractivity contribution in [3.63, 3.8) is 0 Å². The predicted octanol–water partition coefficient (Wildman–Crippen LogP) is 1.79. The summed E-state index contributed by atoms with van der Waals surface area (Å²) in [5.41, 5.74) is 1.34. The fraction of sp³-hybridized carbons (Fsp3) is 0.273. The van der Waals surface area contributed by atoms with Gasteiger partial charge in [-0.15, -0.1) is 0 Å². The quantitative estimate of drug-likeness (QED) is 0.318. The van der Waals surface area contributed by atoms with Gasteiger partial charge in [-0.25, -0.2) is 0 Å². The molecule has 3 rings (SSSR count). The van der Waals surface area contributed by atoms with Gasteiger partial charge in [0.05, 0.1) is 31.7 Å². The highest BCUT2D eigenvalue weighted by Crippen LogP contribution is 2.25. The lowest BCUT2D eigenvalue weighted by molar-refractivity contribution is -0.137. The molecule has 10 nitrogen and oxygen atoms in total. The summed E-state index contributed by atoms with van der Waals surface area (Å²) in [6, 6.07) is 10.2. The van der Waals surface area contributed by atoms with Gasteiger partial charge in [0.2, 0.25) is 5.91 Å². The summed E-state index contributed by atoms with van der Waals surface area (Å²) in [5, 5.41) is 30.3. The second kappa shape index (κ2) is 11.7. The van der Waals surface area contributed by atoms with E-state index in [2.05, 4.69) is 26.3 Å². The number of rotatable bonds is 8. The summed E-state index contributed by atoms with van der Waals surface area (Å²) in [6.07, 6.45) is -0.932. The van der Waals surface area contributed by atoms with E-state index >= 15 is 0 Å². The van der Waals surface area contributed by atoms with E-state index in [0.29, 0.717) is 39.4 Å². The highest BCUT2D eigenvalue weighted by molar-refractivity contribution is 6.34. The molecule has 2 aromatic rings. The molecule has 180 valence electrons. The van der Waals surface area contributed by atoms with Gasteiger partial charge in [-0.3, -0.25) is 19.4 Å². The molecule has 0 spiro atoms. The van der Waals surface area contributed by atoms with Crippen LogP contribution in [0.15, 0.2) is 47.5 Å². The van der Waals surface area contributed by atoms with Crippen molar-refractivity contribution in [1.82, 2.24) is 16.0 Å². The number of guanidine groups is 1. The van der Waals surface area contributed by atoms with E-state index in [1.807, 2.05) is 0 Å². The third-order valence-electron chi connectivity index (χ3n) is 4.76. The lowest BCUT2D eigenvalue weighted by Crippen LogP contribution is -2.42. The molecule has 1 aliphatic rings. The molecule has 0 fully saturated rings. The maximum absolute atomic E-state index is 12.5. The first-order valence-electron chi connectivity index (χ1n) is 10.3. The standard InChI is InChI=1S/C22H23Cl2N5O5/c23-14-4-13(5-15(24)7-14)18(8-20(32)33)29-19(31)11-25-21(34)12-2-1-3-16(6-12)28-22-26-9-17(30)10-27-22/h1-7,17-18,30H,8-11H2,(H,25,34)(H,29,31)(H,32,33)(H2,26,27,28). The average Bonchev–Trinajstić information content (AvgIpc) is 2.78. The first-order chi connectivity index (χ1) is 16.2. The number of nitrogens with zero attached hydrogens (tertiary/aromatic N) is 1. The van der Waals surface area contributed by atoms with Gasteiger partial charge in [-0.2, -0.15) is 0 Å². The van der Waals surface area contributed by atoms with Crippen LogP contribution < -0.4 is 21.3 Å². The van der Waals surface area contributed by atoms with Crippen molar-refractivity contribution in [1.29, 1.82) is 0 Å². The highest BCUT2D eigenvalue weighted by Gasteiger charge is 2.20. The van der Waals surface area contributed by atoms with Crippen LogP contribution in [-0.2, 0) is 9.59 Å². The Balaban J connectivity index is 1.59. The largest absolute Gasteiger partial charge is 0.481 e. The van der Waals surface area contributed by atoms with Crippen molar-refractivity contribution in [2.75, 3.05) is 25.0 Å². The number of halogens is 2. The second-order valence-electron chi connectivity index (χ2n) is 7.53. The number of hydrogen-bond donors (Lipinski definition) is 6. The third-order valence-corrected chi connectivity index (χ3v) is 5.20. The molecule has 0 saturated carbocycles. The van der Waals surface area contributed by atoms with Crippen LogP contribution in [0.25, 0.3) is 0 Å². The van der Waals surface area contributed by atoms with Gasteiger partial charge in [-0.05, 0) is 42.0 Å². The number of aliphatic imine (C=N–C) groups is 1. The Morgan fingerprint density at radius 1 is 1.15 bits per heavy atom. The molecule has 2 unspecified atom stereocenters. The molecule has 0 saturated heterocycles. The topological polar surface area (TPSA) is 152 Å². The molecular weight excluding hydrogens is 485 g/mol. The zero-order valence-electron chi connectivity index (χ0n) is 17.8. The van der Waals surface area contributed by atoms with E-state index in [1.54, 1.807) is 24.3 Å². The van der Waals surface area contributed by atoms with Gasteiger partial charge in [-0.1, -0.05) is 29.3 Å². The number of nitrogens with one attached hydrogen (secondary N) is 4. The van der Waals surface area contributed by atoms with Crippen LogP contribution in [0.5, 0.6) is 0 Å². The van der Waals surface area contributed by atoms with E-state index in [0.717, 1.165) is 0 Å². The normalized spacial score (nSPS) is 16.0. The Kier molecular flexibility index (Phi) is 8.69. The summed E-state index contributed by atoms with van der Waals surface area (Å²) in [7, 11) is 0. The van der Waals surface area contributed by atoms with Crippen LogP contribution in [0.3, 0.4) is 0 Å². The van der Waals surface area contributed by atoms with Crippen molar-refractivity contribution in [3.05, 3.63) is 63.6 Å². The smallest absolute Gasteiger partial charge is 0.305 e. The van der Waals surface area contributed by atoms with Crippen LogP contribution in [0.1, 0.15) is 28.4 Å². The molecule has 1 aliphatic heterocycles. The van der Waals surface area contributed by atoms with Crippen LogP contribution in [0, 0.1) is 0 Å². The molecule has 2 atom stereocenters. The zero-order chi connectivity index (χ0) is 24.7. The van der Waals surface area contributed by atoms with E-state index < -0.39 is 29.9 Å². The maximum Gasteiger partial charge on any atom is 0.305 e. The number of β-amino-alcohol motifs (C(OH)–C–C–N with tert-alkyl or cyclic N) is 1. The second-order valence-corrected chi connectivity index (χ2v) is 8.41. The van der Waals surface area contributed by atoms with E-state index in [-0.39, 0.29) is 19.5 Å². The van der Waals surface area contributed by atoms with Gasteiger partial charge < -0.3 is 31.5 Å². The number of aliphatic hydroxyl groups excluding tert-OH is 1. The zero-order valence-corrected chi connectivity index (χ0v) is 19.4. The number of carboxylic acid groups (broad SMARTS) is 1. The number of carbonyl (C=O) groups excluding carboxylic acids is 2. The Morgan fingerprint density at radius 3 is 2.53 bits per heavy atom. The van der Waals surface area contributed by atoms with Crippen molar-refractivity contribution >= 4 is 52.6 Å². The Bertz CT molecular complexity index is 1090. The van der Waals surface area contributed by atoms with Gasteiger partial charge in [0.15, 0.2) is 5.96 Å². The highest BCUT2D eigenvalue weighted by atomic mass is 35.5. The summed E-state index contributed by atoms with van der Waals surface area (Å²) < 4.78 is 0. The first kappa shape index (κ1) is 25.3. The Labute approximate surface area is 205 Å². The van der Waals surface area contributed by atoms with Gasteiger partial charge in [0.25, 0.3) is 5.91 Å². The molecule has 34 heavy (non-hydrogen) atoms. The van der Waals surface area contributed by atoms with Crippen molar-refractivity contribution in [2.24, 2.45) is 4.99 Å². The molecule has 0 bridgehead atoms. The Hall–Kier alpha value is -3.34. The van der Waals surface area contributed by atoms with Crippen LogP contribution in [-0.4, -0.2) is 59.7 Å². The fourth-order valence-electron chi connectivity index (χ4n) is 3.20. The molecule has 0 aromatic heterocycles. The minimum atomic E-state index is -1.12. The number of carbonyl (C=O) groups is 3. The molecular formula is C22H23Cl2N5O5. The third kappa shape index (κ3) is 7.62. The molecule has 2 amide bonds. The number of aliphatic carboxylic acids is 1. The monoisotopic (exact) mass is 507 g/mol. The average molecular weight is 508 g/mol. The van der Waals surface area contributed by atoms with Crippen LogP contribution >= 0.6 is 23.2 Å². The van der Waals surface area contributed by atoms with Gasteiger partial charge in [0.1, 0.15) is 0 Å². The molecule has 6 N–H and O–H groups in total. The fourth-order valence-corrected chi connectivity index (χ4v) is 3.74. The molecule has 0 radical (unpaired) electrons. The summed E-state index contributed by atoms with van der Waals surface area (Å²) >= 11 is 12.0. The molecule has 0 aliphatic carbocycles. The van der Waals surface area contributed by atoms with Gasteiger partial charge >= 0.3 is 5.97 Å². The number of amides is 2. The van der Waals surface area contributed by atoms with Crippen molar-refractivity contribution in [2.45, 2.75) is 18.6 Å². The minimum absolute atomic E-state index is 0.273. The number of anilines is 1. The maximum atomic E-state index is 12.5. The van der Waals surface area contributed by atoms with Crippen LogP contribution in [0.4, 0.5) is 5.69 Å². The van der Waals surface area contributed by atoms with E-state index in [4.69, 9.17) is 23.2 Å². The Morgan fingerprint density at radius 2 is 1.88 bits per heavy atom. The summed E-state index contributed by atoms with van der Waals surface area (Å²) in [6.45, 7) is 0.271. The van der Waals surface area contributed by atoms with E-state index in [9.17, 15) is 24.6 Å². The SMILES string of the molecule is O=C(O)CC(NC(=O)CNC(=O)c1cccc(NC2=NCC(O)CN2)c1)c1cc(Cl)cc(Cl)c1. The van der Waals surface area contributed by atoms with Crippen molar-refractivity contribution < 1.29 is 24.6 Å². The lowest BCUT2D eigenvalue weighted by Gasteiger charge is -2.20.